The average molecular weight is 520 g/mol. The highest BCUT2D eigenvalue weighted by Crippen LogP contribution is 2.42. The Morgan fingerprint density at radius 2 is 1.94 bits per heavy atom. The molecule has 0 radical (unpaired) electrons. The zero-order valence-corrected chi connectivity index (χ0v) is 20.4. The third-order valence-corrected chi connectivity index (χ3v) is 6.60. The minimum atomic E-state index is -1.31. The lowest BCUT2D eigenvalue weighted by atomic mass is 9.78. The van der Waals surface area contributed by atoms with Gasteiger partial charge >= 0.3 is 5.97 Å². The summed E-state index contributed by atoms with van der Waals surface area (Å²) in [6, 6.07) is 13.5. The molecule has 1 aliphatic rings. The number of methoxy groups -OCH3 is 2. The molecule has 3 rings (SSSR count). The SMILES string of the molecule is COC(=O)[C@@H]1C(=O)NC(SCC(=O)Nc2cc(Cl)ccc2OC)=C(C#N)[C@H]1c1ccccc1Cl. The van der Waals surface area contributed by atoms with Crippen molar-refractivity contribution < 1.29 is 23.9 Å². The van der Waals surface area contributed by atoms with Gasteiger partial charge in [0, 0.05) is 16.0 Å². The number of esters is 1. The maximum atomic E-state index is 12.9. The van der Waals surface area contributed by atoms with Crippen molar-refractivity contribution in [2.75, 3.05) is 25.3 Å². The zero-order chi connectivity index (χ0) is 24.8. The molecule has 2 N–H and O–H groups in total. The summed E-state index contributed by atoms with van der Waals surface area (Å²) in [6.07, 6.45) is 0. The van der Waals surface area contributed by atoms with E-state index in [0.717, 1.165) is 18.9 Å². The molecule has 2 amide bonds. The number of anilines is 1. The summed E-state index contributed by atoms with van der Waals surface area (Å²) in [4.78, 5) is 37.9. The van der Waals surface area contributed by atoms with Crippen LogP contribution in [0.1, 0.15) is 11.5 Å². The number of nitrogens with one attached hydrogen (secondary N) is 2. The van der Waals surface area contributed by atoms with Crippen LogP contribution in [0.5, 0.6) is 5.75 Å². The molecule has 0 bridgehead atoms. The van der Waals surface area contributed by atoms with Crippen LogP contribution >= 0.6 is 35.0 Å². The van der Waals surface area contributed by atoms with Crippen LogP contribution in [0.2, 0.25) is 10.0 Å². The first kappa shape index (κ1) is 25.4. The number of carbonyl (C=O) groups excluding carboxylic acids is 3. The topological polar surface area (TPSA) is 118 Å². The van der Waals surface area contributed by atoms with E-state index in [-0.39, 0.29) is 16.4 Å². The largest absolute Gasteiger partial charge is 0.495 e. The highest BCUT2D eigenvalue weighted by molar-refractivity contribution is 8.03. The number of amides is 2. The molecular formula is C23H19Cl2N3O5S. The van der Waals surface area contributed by atoms with Gasteiger partial charge in [0.25, 0.3) is 0 Å². The molecule has 0 saturated heterocycles. The van der Waals surface area contributed by atoms with Crippen LogP contribution < -0.4 is 15.4 Å². The normalized spacial score (nSPS) is 17.4. The van der Waals surface area contributed by atoms with E-state index in [4.69, 9.17) is 32.7 Å². The molecule has 34 heavy (non-hydrogen) atoms. The number of hydrogen-bond donors (Lipinski definition) is 2. The van der Waals surface area contributed by atoms with E-state index in [2.05, 4.69) is 16.7 Å². The summed E-state index contributed by atoms with van der Waals surface area (Å²) in [7, 11) is 2.62. The molecule has 8 nitrogen and oxygen atoms in total. The minimum Gasteiger partial charge on any atom is -0.495 e. The Balaban J connectivity index is 1.91. The van der Waals surface area contributed by atoms with Crippen molar-refractivity contribution in [3.8, 4) is 11.8 Å². The molecule has 1 aliphatic heterocycles. The number of benzene rings is 2. The van der Waals surface area contributed by atoms with Crippen LogP contribution in [0.25, 0.3) is 0 Å². The summed E-state index contributed by atoms with van der Waals surface area (Å²) in [5.41, 5.74) is 0.904. The fourth-order valence-electron chi connectivity index (χ4n) is 3.48. The average Bonchev–Trinajstić information content (AvgIpc) is 2.82. The van der Waals surface area contributed by atoms with Gasteiger partial charge in [-0.05, 0) is 29.8 Å². The molecule has 0 aliphatic carbocycles. The number of rotatable bonds is 7. The van der Waals surface area contributed by atoms with Gasteiger partial charge in [0.1, 0.15) is 11.7 Å². The Bertz CT molecular complexity index is 1210. The minimum absolute atomic E-state index is 0.0984. The van der Waals surface area contributed by atoms with Crippen molar-refractivity contribution in [1.29, 1.82) is 5.26 Å². The van der Waals surface area contributed by atoms with Gasteiger partial charge in [-0.3, -0.25) is 14.4 Å². The molecule has 11 heteroatoms. The van der Waals surface area contributed by atoms with E-state index in [1.807, 2.05) is 0 Å². The lowest BCUT2D eigenvalue weighted by Gasteiger charge is -2.31. The summed E-state index contributed by atoms with van der Waals surface area (Å²) in [6.45, 7) is 0. The Morgan fingerprint density at radius 1 is 1.21 bits per heavy atom. The molecule has 2 aromatic carbocycles. The summed E-state index contributed by atoms with van der Waals surface area (Å²) < 4.78 is 10.0. The van der Waals surface area contributed by atoms with Gasteiger partial charge in [0.05, 0.1) is 42.3 Å². The van der Waals surface area contributed by atoms with E-state index in [0.29, 0.717) is 27.0 Å². The van der Waals surface area contributed by atoms with Crippen molar-refractivity contribution in [3.63, 3.8) is 0 Å². The number of carbonyl (C=O) groups is 3. The number of allylic oxidation sites excluding steroid dienone is 1. The molecule has 2 aromatic rings. The number of nitrogens with zero attached hydrogens (tertiary/aromatic N) is 1. The van der Waals surface area contributed by atoms with Crippen LogP contribution in [-0.2, 0) is 19.1 Å². The Kier molecular flexibility index (Phi) is 8.45. The quantitative estimate of drug-likeness (QED) is 0.417. The van der Waals surface area contributed by atoms with E-state index in [9.17, 15) is 19.6 Å². The maximum absolute atomic E-state index is 12.9. The summed E-state index contributed by atoms with van der Waals surface area (Å²) in [5.74, 6) is -3.89. The van der Waals surface area contributed by atoms with Gasteiger partial charge in [0.15, 0.2) is 0 Å². The molecule has 0 aromatic heterocycles. The number of hydrogen-bond acceptors (Lipinski definition) is 7. The predicted molar refractivity (Wildman–Crippen MR) is 130 cm³/mol. The summed E-state index contributed by atoms with van der Waals surface area (Å²) in [5, 5.41) is 16.1. The van der Waals surface area contributed by atoms with E-state index in [1.165, 1.54) is 7.11 Å². The number of nitriles is 1. The molecular weight excluding hydrogens is 501 g/mol. The van der Waals surface area contributed by atoms with Crippen LogP contribution in [0, 0.1) is 17.2 Å². The second-order valence-electron chi connectivity index (χ2n) is 7.03. The fourth-order valence-corrected chi connectivity index (χ4v) is 4.76. The van der Waals surface area contributed by atoms with Crippen molar-refractivity contribution >= 4 is 58.4 Å². The predicted octanol–water partition coefficient (Wildman–Crippen LogP) is 4.11. The van der Waals surface area contributed by atoms with Crippen LogP contribution in [0.4, 0.5) is 5.69 Å². The lowest BCUT2D eigenvalue weighted by molar-refractivity contribution is -0.150. The van der Waals surface area contributed by atoms with Crippen LogP contribution in [0.15, 0.2) is 53.1 Å². The highest BCUT2D eigenvalue weighted by atomic mass is 35.5. The van der Waals surface area contributed by atoms with Crippen molar-refractivity contribution in [2.45, 2.75) is 5.92 Å². The molecule has 0 spiro atoms. The zero-order valence-electron chi connectivity index (χ0n) is 18.1. The smallest absolute Gasteiger partial charge is 0.319 e. The van der Waals surface area contributed by atoms with Gasteiger partial charge in [-0.25, -0.2) is 0 Å². The van der Waals surface area contributed by atoms with Gasteiger partial charge in [0.2, 0.25) is 11.8 Å². The van der Waals surface area contributed by atoms with Gasteiger partial charge in [-0.1, -0.05) is 53.2 Å². The lowest BCUT2D eigenvalue weighted by Crippen LogP contribution is -2.44. The molecule has 2 atom stereocenters. The molecule has 0 fully saturated rings. The first-order chi connectivity index (χ1) is 16.3. The van der Waals surface area contributed by atoms with Gasteiger partial charge in [-0.2, -0.15) is 5.26 Å². The Labute approximate surface area is 210 Å². The number of ether oxygens (including phenoxy) is 2. The third kappa shape index (κ3) is 5.47. The first-order valence-corrected chi connectivity index (χ1v) is 11.6. The second-order valence-corrected chi connectivity index (χ2v) is 8.85. The number of thioether (sulfide) groups is 1. The van der Waals surface area contributed by atoms with Crippen LogP contribution in [0.3, 0.4) is 0 Å². The van der Waals surface area contributed by atoms with E-state index >= 15 is 0 Å². The Morgan fingerprint density at radius 3 is 2.59 bits per heavy atom. The van der Waals surface area contributed by atoms with E-state index in [1.54, 1.807) is 42.5 Å². The van der Waals surface area contributed by atoms with E-state index < -0.39 is 29.6 Å². The molecule has 0 unspecified atom stereocenters. The maximum Gasteiger partial charge on any atom is 0.319 e. The third-order valence-electron chi connectivity index (χ3n) is 5.01. The number of halogens is 2. The monoisotopic (exact) mass is 519 g/mol. The Hall–Kier alpha value is -3.19. The van der Waals surface area contributed by atoms with Crippen LogP contribution in [-0.4, -0.2) is 37.8 Å². The molecule has 176 valence electrons. The van der Waals surface area contributed by atoms with Crippen molar-refractivity contribution in [2.24, 2.45) is 5.92 Å². The standard InChI is InChI=1S/C23H19Cl2N3O5S/c1-32-17-8-7-12(24)9-16(17)27-18(29)11-34-22-14(10-26)19(13-5-3-4-6-15(13)25)20(21(30)28-22)23(31)33-2/h3-9,19-20H,11H2,1-2H3,(H,27,29)(H,28,30)/t19-,20+/m1/s1. The van der Waals surface area contributed by atoms with Crippen molar-refractivity contribution in [3.05, 3.63) is 68.7 Å². The fraction of sp³-hybridized carbons (Fsp3) is 0.217. The van der Waals surface area contributed by atoms with Crippen molar-refractivity contribution in [1.82, 2.24) is 5.32 Å². The second kappa shape index (κ2) is 11.3. The summed E-state index contributed by atoms with van der Waals surface area (Å²) >= 11 is 13.3. The molecule has 0 saturated carbocycles. The van der Waals surface area contributed by atoms with Gasteiger partial charge < -0.3 is 20.1 Å². The molecule has 1 heterocycles. The highest BCUT2D eigenvalue weighted by Gasteiger charge is 2.45. The first-order valence-electron chi connectivity index (χ1n) is 9.84. The van der Waals surface area contributed by atoms with Gasteiger partial charge in [-0.15, -0.1) is 0 Å².